The largest absolute Gasteiger partial charge is 0.497 e. The standard InChI is InChI=1S/C23H23FN2O5S/c1-15(19-13-10-17(30-2)14-22(19)31-3)25-23(27)20-6-4-5-7-21(20)26-32(28,29)18-11-8-16(24)9-12-18/h4-15,26H,1-3H3,(H,25,27). The second kappa shape index (κ2) is 9.69. The molecule has 32 heavy (non-hydrogen) atoms. The number of anilines is 1. The third kappa shape index (κ3) is 5.17. The number of carbonyl (C=O) groups is 1. The van der Waals surface area contributed by atoms with E-state index in [1.807, 2.05) is 0 Å². The van der Waals surface area contributed by atoms with E-state index in [2.05, 4.69) is 10.0 Å². The third-order valence-electron chi connectivity index (χ3n) is 4.79. The minimum atomic E-state index is -4.02. The second-order valence-corrected chi connectivity index (χ2v) is 8.59. The molecule has 1 amide bonds. The van der Waals surface area contributed by atoms with E-state index in [0.717, 1.165) is 29.8 Å². The normalized spacial score (nSPS) is 12.0. The molecule has 3 aromatic rings. The highest BCUT2D eigenvalue weighted by molar-refractivity contribution is 7.92. The summed E-state index contributed by atoms with van der Waals surface area (Å²) in [6, 6.07) is 15.4. The van der Waals surface area contributed by atoms with Gasteiger partial charge in [-0.1, -0.05) is 12.1 Å². The number of hydrogen-bond donors (Lipinski definition) is 2. The highest BCUT2D eigenvalue weighted by Gasteiger charge is 2.21. The Bertz CT molecular complexity index is 1210. The van der Waals surface area contributed by atoms with Crippen molar-refractivity contribution in [1.29, 1.82) is 0 Å². The summed E-state index contributed by atoms with van der Waals surface area (Å²) in [4.78, 5) is 12.9. The zero-order valence-electron chi connectivity index (χ0n) is 17.8. The Morgan fingerprint density at radius 1 is 0.969 bits per heavy atom. The Balaban J connectivity index is 1.84. The van der Waals surface area contributed by atoms with Crippen molar-refractivity contribution >= 4 is 21.6 Å². The van der Waals surface area contributed by atoms with Gasteiger partial charge in [0.25, 0.3) is 15.9 Å². The number of amides is 1. The number of halogens is 1. The summed E-state index contributed by atoms with van der Waals surface area (Å²) in [5.41, 5.74) is 0.965. The minimum absolute atomic E-state index is 0.100. The van der Waals surface area contributed by atoms with Gasteiger partial charge >= 0.3 is 0 Å². The molecule has 0 saturated carbocycles. The molecule has 0 bridgehead atoms. The number of methoxy groups -OCH3 is 2. The van der Waals surface area contributed by atoms with Crippen LogP contribution < -0.4 is 19.5 Å². The fourth-order valence-corrected chi connectivity index (χ4v) is 4.20. The fourth-order valence-electron chi connectivity index (χ4n) is 3.12. The van der Waals surface area contributed by atoms with Crippen LogP contribution in [0.25, 0.3) is 0 Å². The van der Waals surface area contributed by atoms with Crippen LogP contribution in [-0.2, 0) is 10.0 Å². The zero-order valence-corrected chi connectivity index (χ0v) is 18.6. The summed E-state index contributed by atoms with van der Waals surface area (Å²) in [6.07, 6.45) is 0. The van der Waals surface area contributed by atoms with Gasteiger partial charge in [0.2, 0.25) is 0 Å². The topological polar surface area (TPSA) is 93.7 Å². The maximum absolute atomic E-state index is 13.1. The highest BCUT2D eigenvalue weighted by Crippen LogP contribution is 2.30. The van der Waals surface area contributed by atoms with Crippen LogP contribution in [0.5, 0.6) is 11.5 Å². The van der Waals surface area contributed by atoms with Gasteiger partial charge in [0, 0.05) is 11.6 Å². The smallest absolute Gasteiger partial charge is 0.261 e. The van der Waals surface area contributed by atoms with Crippen LogP contribution in [0.3, 0.4) is 0 Å². The number of nitrogens with one attached hydrogen (secondary N) is 2. The third-order valence-corrected chi connectivity index (χ3v) is 6.18. The summed E-state index contributed by atoms with van der Waals surface area (Å²) in [5.74, 6) is 0.131. The quantitative estimate of drug-likeness (QED) is 0.529. The van der Waals surface area contributed by atoms with Gasteiger partial charge in [-0.2, -0.15) is 0 Å². The number of rotatable bonds is 8. The summed E-state index contributed by atoms with van der Waals surface area (Å²) in [6.45, 7) is 1.79. The van der Waals surface area contributed by atoms with Crippen molar-refractivity contribution in [1.82, 2.24) is 5.32 Å². The molecule has 168 valence electrons. The first-order chi connectivity index (χ1) is 15.2. The van der Waals surface area contributed by atoms with Crippen LogP contribution in [-0.4, -0.2) is 28.5 Å². The molecule has 0 heterocycles. The Hall–Kier alpha value is -3.59. The van der Waals surface area contributed by atoms with E-state index in [9.17, 15) is 17.6 Å². The van der Waals surface area contributed by atoms with Crippen LogP contribution in [0.1, 0.15) is 28.9 Å². The summed E-state index contributed by atoms with van der Waals surface area (Å²) >= 11 is 0. The average Bonchev–Trinajstić information content (AvgIpc) is 2.78. The average molecular weight is 459 g/mol. The van der Waals surface area contributed by atoms with Crippen molar-refractivity contribution in [2.24, 2.45) is 0 Å². The highest BCUT2D eigenvalue weighted by atomic mass is 32.2. The monoisotopic (exact) mass is 458 g/mol. The van der Waals surface area contributed by atoms with Crippen molar-refractivity contribution < 1.29 is 27.1 Å². The van der Waals surface area contributed by atoms with Crippen molar-refractivity contribution in [3.63, 3.8) is 0 Å². The van der Waals surface area contributed by atoms with Gasteiger partial charge in [0.05, 0.1) is 36.4 Å². The molecule has 7 nitrogen and oxygen atoms in total. The number of benzene rings is 3. The zero-order chi connectivity index (χ0) is 23.3. The van der Waals surface area contributed by atoms with Gasteiger partial charge in [-0.25, -0.2) is 12.8 Å². The Labute approximate surface area is 186 Å². The predicted molar refractivity (Wildman–Crippen MR) is 119 cm³/mol. The van der Waals surface area contributed by atoms with Crippen LogP contribution in [0, 0.1) is 5.82 Å². The predicted octanol–water partition coefficient (Wildman–Crippen LogP) is 4.13. The minimum Gasteiger partial charge on any atom is -0.497 e. The van der Waals surface area contributed by atoms with Crippen LogP contribution in [0.4, 0.5) is 10.1 Å². The summed E-state index contributed by atoms with van der Waals surface area (Å²) in [5, 5.41) is 2.85. The van der Waals surface area contributed by atoms with Crippen LogP contribution >= 0.6 is 0 Å². The number of para-hydroxylation sites is 1. The summed E-state index contributed by atoms with van der Waals surface area (Å²) in [7, 11) is -0.950. The van der Waals surface area contributed by atoms with E-state index in [4.69, 9.17) is 9.47 Å². The van der Waals surface area contributed by atoms with E-state index in [1.165, 1.54) is 19.2 Å². The molecule has 3 rings (SSSR count). The van der Waals surface area contributed by atoms with E-state index >= 15 is 0 Å². The van der Waals surface area contributed by atoms with E-state index < -0.39 is 27.8 Å². The van der Waals surface area contributed by atoms with Crippen molar-refractivity contribution in [2.75, 3.05) is 18.9 Å². The van der Waals surface area contributed by atoms with Gasteiger partial charge in [0.15, 0.2) is 0 Å². The lowest BCUT2D eigenvalue weighted by Gasteiger charge is -2.19. The molecule has 0 aliphatic rings. The van der Waals surface area contributed by atoms with Gasteiger partial charge in [-0.15, -0.1) is 0 Å². The molecule has 0 fully saturated rings. The lowest BCUT2D eigenvalue weighted by atomic mass is 10.1. The van der Waals surface area contributed by atoms with E-state index in [0.29, 0.717) is 11.5 Å². The van der Waals surface area contributed by atoms with Gasteiger partial charge in [-0.3, -0.25) is 9.52 Å². The number of carbonyl (C=O) groups excluding carboxylic acids is 1. The lowest BCUT2D eigenvalue weighted by Crippen LogP contribution is -2.28. The summed E-state index contributed by atoms with van der Waals surface area (Å²) < 4.78 is 51.5. The van der Waals surface area contributed by atoms with Crippen LogP contribution in [0.15, 0.2) is 71.6 Å². The van der Waals surface area contributed by atoms with E-state index in [1.54, 1.807) is 44.4 Å². The number of ether oxygens (including phenoxy) is 2. The van der Waals surface area contributed by atoms with Gasteiger partial charge in [-0.05, 0) is 55.5 Å². The fraction of sp³-hybridized carbons (Fsp3) is 0.174. The molecule has 0 saturated heterocycles. The molecule has 0 radical (unpaired) electrons. The molecule has 9 heteroatoms. The lowest BCUT2D eigenvalue weighted by molar-refractivity contribution is 0.0940. The van der Waals surface area contributed by atoms with E-state index in [-0.39, 0.29) is 16.1 Å². The molecule has 2 N–H and O–H groups in total. The number of sulfonamides is 1. The first kappa shape index (κ1) is 23.1. The Morgan fingerprint density at radius 3 is 2.31 bits per heavy atom. The molecule has 0 aliphatic carbocycles. The van der Waals surface area contributed by atoms with Crippen molar-refractivity contribution in [2.45, 2.75) is 17.9 Å². The maximum Gasteiger partial charge on any atom is 0.261 e. The SMILES string of the molecule is COc1ccc(C(C)NC(=O)c2ccccc2NS(=O)(=O)c2ccc(F)cc2)c(OC)c1. The molecular weight excluding hydrogens is 435 g/mol. The van der Waals surface area contributed by atoms with Crippen LogP contribution in [0.2, 0.25) is 0 Å². The van der Waals surface area contributed by atoms with Gasteiger partial charge < -0.3 is 14.8 Å². The van der Waals surface area contributed by atoms with Crippen molar-refractivity contribution in [3.05, 3.63) is 83.7 Å². The molecule has 1 atom stereocenters. The molecule has 0 aliphatic heterocycles. The van der Waals surface area contributed by atoms with Crippen molar-refractivity contribution in [3.8, 4) is 11.5 Å². The Morgan fingerprint density at radius 2 is 1.66 bits per heavy atom. The molecule has 0 spiro atoms. The van der Waals surface area contributed by atoms with Gasteiger partial charge in [0.1, 0.15) is 17.3 Å². The second-order valence-electron chi connectivity index (χ2n) is 6.91. The first-order valence-corrected chi connectivity index (χ1v) is 11.1. The molecule has 0 aromatic heterocycles. The first-order valence-electron chi connectivity index (χ1n) is 9.65. The number of hydrogen-bond acceptors (Lipinski definition) is 5. The Kier molecular flexibility index (Phi) is 6.99. The molecule has 1 unspecified atom stereocenters. The maximum atomic E-state index is 13.1. The molecular formula is C23H23FN2O5S. The molecule has 3 aromatic carbocycles.